The van der Waals surface area contributed by atoms with Crippen molar-refractivity contribution in [3.05, 3.63) is 149 Å². The summed E-state index contributed by atoms with van der Waals surface area (Å²) in [7, 11) is 0. The Morgan fingerprint density at radius 3 is 1.62 bits per heavy atom. The fourth-order valence-corrected chi connectivity index (χ4v) is 8.41. The number of nitrogens with zero attached hydrogens (tertiary/aromatic N) is 2. The van der Waals surface area contributed by atoms with Crippen molar-refractivity contribution in [3.8, 4) is 11.1 Å². The van der Waals surface area contributed by atoms with Crippen molar-refractivity contribution in [2.75, 3.05) is 9.80 Å². The van der Waals surface area contributed by atoms with Gasteiger partial charge in [0.1, 0.15) is 0 Å². The van der Waals surface area contributed by atoms with Gasteiger partial charge >= 0.3 is 0 Å². The van der Waals surface area contributed by atoms with Crippen LogP contribution in [-0.2, 0) is 16.2 Å². The van der Waals surface area contributed by atoms with E-state index in [1.165, 1.54) is 89.5 Å². The molecule has 53 heavy (non-hydrogen) atoms. The van der Waals surface area contributed by atoms with E-state index in [1.54, 1.807) is 0 Å². The molecule has 2 aliphatic rings. The molecule has 8 rings (SSSR count). The number of fused-ring (bicyclic) bond motifs is 4. The first-order valence-electron chi connectivity index (χ1n) is 19.3. The van der Waals surface area contributed by atoms with Gasteiger partial charge in [-0.15, -0.1) is 0 Å². The zero-order valence-electron chi connectivity index (χ0n) is 33.5. The molecule has 266 valence electrons. The SMILES string of the molecule is Cc1ccc2c(c1)B1c3ccc(C(C)(C)C)cc3N(c3ccc(C(C)(C)C)cc3-c3ccccc3)c3cc(C)cc(c31)N2c1ccc(C(C)(C)C)cc1. The lowest BCUT2D eigenvalue weighted by Gasteiger charge is -2.45. The van der Waals surface area contributed by atoms with E-state index in [0.717, 1.165) is 0 Å². The minimum atomic E-state index is -0.00578. The number of benzene rings is 6. The number of anilines is 6. The highest BCUT2D eigenvalue weighted by molar-refractivity contribution is 7.00. The highest BCUT2D eigenvalue weighted by Gasteiger charge is 2.44. The van der Waals surface area contributed by atoms with Gasteiger partial charge in [0, 0.05) is 34.0 Å². The van der Waals surface area contributed by atoms with Crippen LogP contribution in [0.1, 0.15) is 90.1 Å². The minimum absolute atomic E-state index is 0.00578. The predicted octanol–water partition coefficient (Wildman–Crippen LogP) is 11.9. The van der Waals surface area contributed by atoms with Crippen molar-refractivity contribution in [2.24, 2.45) is 0 Å². The second-order valence-electron chi connectivity index (χ2n) is 18.6. The lowest BCUT2D eigenvalue weighted by atomic mass is 9.33. The van der Waals surface area contributed by atoms with Gasteiger partial charge in [0.15, 0.2) is 0 Å². The highest BCUT2D eigenvalue weighted by atomic mass is 15.2. The van der Waals surface area contributed by atoms with E-state index in [1.807, 2.05) is 0 Å². The Hall–Kier alpha value is -5.02. The standard InChI is InChI=1S/C50H53BN2/c1-32-17-25-43-41(27-32)51-40-24-20-37(50(9,10)11)31-44(40)53(42-26-21-36(49(6,7)8)30-39(42)34-15-13-12-14-16-34)46-29-33(2)28-45(47(46)51)52(43)38-22-18-35(19-23-38)48(3,4)5/h12-31H,1-11H3. The topological polar surface area (TPSA) is 6.48 Å². The Balaban J connectivity index is 1.47. The summed E-state index contributed by atoms with van der Waals surface area (Å²) in [4.78, 5) is 5.13. The van der Waals surface area contributed by atoms with Crippen molar-refractivity contribution >= 4 is 57.2 Å². The van der Waals surface area contributed by atoms with Gasteiger partial charge in [0.2, 0.25) is 0 Å². The quantitative estimate of drug-likeness (QED) is 0.170. The van der Waals surface area contributed by atoms with E-state index in [4.69, 9.17) is 0 Å². The molecule has 0 unspecified atom stereocenters. The van der Waals surface area contributed by atoms with Crippen LogP contribution in [0.25, 0.3) is 11.1 Å². The van der Waals surface area contributed by atoms with E-state index in [9.17, 15) is 0 Å². The number of hydrogen-bond acceptors (Lipinski definition) is 2. The molecule has 0 fully saturated rings. The molecule has 0 bridgehead atoms. The van der Waals surface area contributed by atoms with Crippen LogP contribution >= 0.6 is 0 Å². The maximum Gasteiger partial charge on any atom is 0.252 e. The largest absolute Gasteiger partial charge is 0.311 e. The Morgan fingerprint density at radius 1 is 0.415 bits per heavy atom. The van der Waals surface area contributed by atoms with Crippen LogP contribution in [-0.4, -0.2) is 6.71 Å². The molecule has 0 N–H and O–H groups in total. The van der Waals surface area contributed by atoms with Crippen LogP contribution in [0.15, 0.2) is 121 Å². The second-order valence-corrected chi connectivity index (χ2v) is 18.6. The van der Waals surface area contributed by atoms with E-state index < -0.39 is 0 Å². The molecule has 0 radical (unpaired) electrons. The van der Waals surface area contributed by atoms with Gasteiger partial charge in [0.25, 0.3) is 6.71 Å². The molecule has 2 nitrogen and oxygen atoms in total. The Kier molecular flexibility index (Phi) is 8.11. The van der Waals surface area contributed by atoms with Crippen LogP contribution < -0.4 is 26.2 Å². The van der Waals surface area contributed by atoms with Crippen LogP contribution in [0.4, 0.5) is 34.1 Å². The van der Waals surface area contributed by atoms with Gasteiger partial charge < -0.3 is 9.80 Å². The fraction of sp³-hybridized carbons (Fsp3) is 0.280. The summed E-state index contributed by atoms with van der Waals surface area (Å²) >= 11 is 0. The van der Waals surface area contributed by atoms with Gasteiger partial charge in [0.05, 0.1) is 5.69 Å². The van der Waals surface area contributed by atoms with Crippen molar-refractivity contribution in [3.63, 3.8) is 0 Å². The summed E-state index contributed by atoms with van der Waals surface area (Å²) in [5.74, 6) is 0. The van der Waals surface area contributed by atoms with E-state index in [-0.39, 0.29) is 23.0 Å². The summed E-state index contributed by atoms with van der Waals surface area (Å²) in [5.41, 5.74) is 20.6. The lowest BCUT2D eigenvalue weighted by Crippen LogP contribution is -2.61. The second kappa shape index (κ2) is 12.3. The van der Waals surface area contributed by atoms with Crippen molar-refractivity contribution in [2.45, 2.75) is 92.4 Å². The van der Waals surface area contributed by atoms with Crippen molar-refractivity contribution < 1.29 is 0 Å². The number of rotatable bonds is 3. The molecular weight excluding hydrogens is 639 g/mol. The number of aryl methyl sites for hydroxylation is 2. The third kappa shape index (κ3) is 5.99. The number of hydrogen-bond donors (Lipinski definition) is 0. The summed E-state index contributed by atoms with van der Waals surface area (Å²) < 4.78 is 0. The first kappa shape index (κ1) is 35.0. The fourth-order valence-electron chi connectivity index (χ4n) is 8.41. The van der Waals surface area contributed by atoms with Gasteiger partial charge in [-0.2, -0.15) is 0 Å². The molecule has 6 aromatic rings. The normalized spacial score (nSPS) is 13.8. The predicted molar refractivity (Wildman–Crippen MR) is 231 cm³/mol. The molecule has 2 heterocycles. The summed E-state index contributed by atoms with van der Waals surface area (Å²) in [6, 6.07) is 46.6. The molecule has 0 aromatic heterocycles. The summed E-state index contributed by atoms with van der Waals surface area (Å²) in [5, 5.41) is 0. The first-order chi connectivity index (χ1) is 25.0. The van der Waals surface area contributed by atoms with Gasteiger partial charge in [-0.1, -0.05) is 141 Å². The Morgan fingerprint density at radius 2 is 0.981 bits per heavy atom. The van der Waals surface area contributed by atoms with Gasteiger partial charge in [-0.3, -0.25) is 0 Å². The molecule has 6 aromatic carbocycles. The van der Waals surface area contributed by atoms with Gasteiger partial charge in [-0.05, 0) is 123 Å². The van der Waals surface area contributed by atoms with Crippen molar-refractivity contribution in [1.82, 2.24) is 0 Å². The Labute approximate surface area is 318 Å². The van der Waals surface area contributed by atoms with Crippen LogP contribution in [0.3, 0.4) is 0 Å². The zero-order chi connectivity index (χ0) is 37.6. The monoisotopic (exact) mass is 692 g/mol. The van der Waals surface area contributed by atoms with Crippen LogP contribution in [0.5, 0.6) is 0 Å². The smallest absolute Gasteiger partial charge is 0.252 e. The summed E-state index contributed by atoms with van der Waals surface area (Å²) in [6.45, 7) is 25.4. The molecule has 2 aliphatic heterocycles. The minimum Gasteiger partial charge on any atom is -0.311 e. The average molecular weight is 693 g/mol. The molecular formula is C50H53BN2. The third-order valence-electron chi connectivity index (χ3n) is 11.4. The maximum absolute atomic E-state index is 2.60. The van der Waals surface area contributed by atoms with E-state index in [0.29, 0.717) is 0 Å². The molecule has 0 atom stereocenters. The van der Waals surface area contributed by atoms with Crippen LogP contribution in [0, 0.1) is 13.8 Å². The lowest BCUT2D eigenvalue weighted by molar-refractivity contribution is 0.590. The molecule has 0 saturated heterocycles. The van der Waals surface area contributed by atoms with Crippen LogP contribution in [0.2, 0.25) is 0 Å². The average Bonchev–Trinajstić information content (AvgIpc) is 3.10. The highest BCUT2D eigenvalue weighted by Crippen LogP contribution is 2.48. The first-order valence-corrected chi connectivity index (χ1v) is 19.3. The summed E-state index contributed by atoms with van der Waals surface area (Å²) in [6.07, 6.45) is 0. The molecule has 0 aliphatic carbocycles. The Bertz CT molecular complexity index is 2370. The van der Waals surface area contributed by atoms with E-state index >= 15 is 0 Å². The molecule has 0 spiro atoms. The van der Waals surface area contributed by atoms with Crippen molar-refractivity contribution in [1.29, 1.82) is 0 Å². The maximum atomic E-state index is 2.60. The van der Waals surface area contributed by atoms with Gasteiger partial charge in [-0.25, -0.2) is 0 Å². The third-order valence-corrected chi connectivity index (χ3v) is 11.4. The molecule has 3 heteroatoms. The molecule has 0 saturated carbocycles. The molecule has 0 amide bonds. The zero-order valence-corrected chi connectivity index (χ0v) is 33.5. The van der Waals surface area contributed by atoms with E-state index in [2.05, 4.69) is 207 Å².